The Morgan fingerprint density at radius 1 is 0.921 bits per heavy atom. The second-order valence-corrected chi connectivity index (χ2v) is 11.0. The number of carbonyl (C=O) groups excluding carboxylic acids is 1. The van der Waals surface area contributed by atoms with Crippen LogP contribution in [-0.2, 0) is 28.2 Å². The van der Waals surface area contributed by atoms with Crippen molar-refractivity contribution < 1.29 is 24.5 Å². The molecular formula is C30H39ClN2O5. The zero-order valence-electron chi connectivity index (χ0n) is 22.3. The van der Waals surface area contributed by atoms with Gasteiger partial charge >= 0.3 is 5.97 Å². The summed E-state index contributed by atoms with van der Waals surface area (Å²) in [7, 11) is 1.67. The van der Waals surface area contributed by atoms with Gasteiger partial charge in [0, 0.05) is 31.7 Å². The Morgan fingerprint density at radius 2 is 1.61 bits per heavy atom. The van der Waals surface area contributed by atoms with E-state index in [1.807, 2.05) is 18.2 Å². The van der Waals surface area contributed by atoms with Crippen molar-refractivity contribution >= 4 is 29.2 Å². The fourth-order valence-electron chi connectivity index (χ4n) is 5.38. The molecule has 2 aliphatic heterocycles. The average Bonchev–Trinajstić information content (AvgIpc) is 2.92. The van der Waals surface area contributed by atoms with Crippen LogP contribution >= 0.6 is 11.6 Å². The summed E-state index contributed by atoms with van der Waals surface area (Å²) in [6.45, 7) is 2.50. The minimum absolute atomic E-state index is 0.188. The van der Waals surface area contributed by atoms with Gasteiger partial charge in [-0.2, -0.15) is 0 Å². The van der Waals surface area contributed by atoms with E-state index in [2.05, 4.69) is 4.90 Å². The fraction of sp³-hybridized carbons (Fsp3) is 0.533. The van der Waals surface area contributed by atoms with Crippen LogP contribution in [0.15, 0.2) is 36.4 Å². The van der Waals surface area contributed by atoms with Crippen molar-refractivity contribution in [2.45, 2.75) is 76.4 Å². The number of halogens is 1. The molecule has 0 radical (unpaired) electrons. The second-order valence-electron chi connectivity index (χ2n) is 10.6. The van der Waals surface area contributed by atoms with Gasteiger partial charge in [0.1, 0.15) is 12.4 Å². The third kappa shape index (κ3) is 6.80. The molecule has 2 aliphatic rings. The summed E-state index contributed by atoms with van der Waals surface area (Å²) in [6.07, 6.45) is 8.56. The highest BCUT2D eigenvalue weighted by Gasteiger charge is 2.42. The molecule has 4 rings (SSSR count). The Morgan fingerprint density at radius 3 is 2.34 bits per heavy atom. The van der Waals surface area contributed by atoms with E-state index >= 15 is 0 Å². The van der Waals surface area contributed by atoms with Crippen molar-refractivity contribution in [1.29, 1.82) is 0 Å². The Kier molecular flexibility index (Phi) is 9.55. The number of ether oxygens (including phenoxy) is 1. The van der Waals surface area contributed by atoms with Crippen molar-refractivity contribution in [2.24, 2.45) is 0 Å². The van der Waals surface area contributed by atoms with Crippen LogP contribution in [0.5, 0.6) is 5.75 Å². The van der Waals surface area contributed by atoms with E-state index in [-0.39, 0.29) is 11.5 Å². The van der Waals surface area contributed by atoms with Crippen molar-refractivity contribution in [1.82, 2.24) is 4.90 Å². The first-order valence-corrected chi connectivity index (χ1v) is 14.1. The van der Waals surface area contributed by atoms with Crippen molar-refractivity contribution in [3.63, 3.8) is 0 Å². The molecule has 0 aliphatic carbocycles. The molecule has 2 heterocycles. The van der Waals surface area contributed by atoms with Crippen LogP contribution < -0.4 is 9.64 Å². The lowest BCUT2D eigenvalue weighted by Crippen LogP contribution is -2.42. The lowest BCUT2D eigenvalue weighted by atomic mass is 9.89. The third-order valence-corrected chi connectivity index (χ3v) is 8.05. The van der Waals surface area contributed by atoms with Crippen LogP contribution in [0.1, 0.15) is 74.5 Å². The number of amides is 1. The summed E-state index contributed by atoms with van der Waals surface area (Å²) in [5.74, 6) is -1.19. The second kappa shape index (κ2) is 12.9. The quantitative estimate of drug-likeness (QED) is 0.492. The number of aliphatic hydroxyl groups is 1. The van der Waals surface area contributed by atoms with Crippen LogP contribution in [0.3, 0.4) is 0 Å². The number of carbonyl (C=O) groups is 2. The summed E-state index contributed by atoms with van der Waals surface area (Å²) in [5, 5.41) is 22.2. The SMILES string of the molecule is CN1CCCCCCCCN2CCCCc3cc(Cl)ccc3COc3ccc(cc32)[C@](O)(C(=O)O)CC1=O. The molecule has 2 aromatic rings. The summed E-state index contributed by atoms with van der Waals surface area (Å²) >= 11 is 6.27. The van der Waals surface area contributed by atoms with E-state index in [1.54, 1.807) is 25.2 Å². The van der Waals surface area contributed by atoms with Crippen molar-refractivity contribution in [3.8, 4) is 5.75 Å². The lowest BCUT2D eigenvalue weighted by molar-refractivity contribution is -0.164. The van der Waals surface area contributed by atoms with Gasteiger partial charge in [-0.25, -0.2) is 4.79 Å². The minimum atomic E-state index is -2.33. The van der Waals surface area contributed by atoms with E-state index in [1.165, 1.54) is 10.5 Å². The van der Waals surface area contributed by atoms with Crippen molar-refractivity contribution in [3.05, 3.63) is 58.1 Å². The molecule has 0 spiro atoms. The Hall–Kier alpha value is -2.77. The molecule has 1 atom stereocenters. The van der Waals surface area contributed by atoms with Gasteiger partial charge in [-0.3, -0.25) is 4.79 Å². The van der Waals surface area contributed by atoms with E-state index in [0.29, 0.717) is 23.9 Å². The number of benzene rings is 2. The Bertz CT molecular complexity index is 1140. The lowest BCUT2D eigenvalue weighted by Gasteiger charge is -2.31. The van der Waals surface area contributed by atoms with Gasteiger partial charge in [0.15, 0.2) is 5.60 Å². The van der Waals surface area contributed by atoms with Gasteiger partial charge in [-0.05, 0) is 73.1 Å². The number of aliphatic carboxylic acids is 1. The van der Waals surface area contributed by atoms with Crippen LogP contribution in [-0.4, -0.2) is 53.7 Å². The topological polar surface area (TPSA) is 90.3 Å². The number of fused-ring (bicyclic) bond motifs is 2. The summed E-state index contributed by atoms with van der Waals surface area (Å²) in [4.78, 5) is 29.1. The highest BCUT2D eigenvalue weighted by atomic mass is 35.5. The molecule has 8 heteroatoms. The van der Waals surface area contributed by atoms with Crippen LogP contribution in [0.4, 0.5) is 5.69 Å². The number of nitrogens with zero attached hydrogens (tertiary/aromatic N) is 2. The summed E-state index contributed by atoms with van der Waals surface area (Å²) < 4.78 is 6.33. The number of rotatable bonds is 1. The largest absolute Gasteiger partial charge is 0.487 e. The molecule has 2 N–H and O–H groups in total. The molecule has 0 saturated heterocycles. The van der Waals surface area contributed by atoms with E-state index in [9.17, 15) is 19.8 Å². The standard InChI is InChI=1S/C30H39ClN2O5/c1-32-15-7-4-2-3-5-8-16-33-17-9-6-10-22-18-25(31)13-11-23(22)21-38-27-14-12-24(19-26(27)33)30(37,29(35)36)20-28(32)34/h11-14,18-19,37H,2-10,15-17,20-21H2,1H3,(H,35,36)/t30-/m0/s1. The van der Waals surface area contributed by atoms with E-state index in [0.717, 1.165) is 82.1 Å². The van der Waals surface area contributed by atoms with Gasteiger partial charge in [0.2, 0.25) is 5.91 Å². The van der Waals surface area contributed by atoms with Crippen LogP contribution in [0, 0.1) is 0 Å². The summed E-state index contributed by atoms with van der Waals surface area (Å²) in [6, 6.07) is 10.9. The Labute approximate surface area is 230 Å². The maximum absolute atomic E-state index is 12.9. The molecule has 206 valence electrons. The number of aryl methyl sites for hydroxylation is 1. The molecule has 2 bridgehead atoms. The molecular weight excluding hydrogens is 504 g/mol. The number of hydrogen-bond donors (Lipinski definition) is 2. The predicted octanol–water partition coefficient (Wildman–Crippen LogP) is 5.54. The van der Waals surface area contributed by atoms with Gasteiger partial charge in [0.25, 0.3) is 0 Å². The molecule has 0 unspecified atom stereocenters. The smallest absolute Gasteiger partial charge is 0.340 e. The van der Waals surface area contributed by atoms with Gasteiger partial charge in [-0.15, -0.1) is 0 Å². The van der Waals surface area contributed by atoms with Crippen LogP contribution in [0.25, 0.3) is 0 Å². The zero-order valence-corrected chi connectivity index (χ0v) is 23.0. The minimum Gasteiger partial charge on any atom is -0.487 e. The molecule has 38 heavy (non-hydrogen) atoms. The third-order valence-electron chi connectivity index (χ3n) is 7.81. The van der Waals surface area contributed by atoms with Gasteiger partial charge < -0.3 is 24.7 Å². The average molecular weight is 543 g/mol. The molecule has 0 aromatic heterocycles. The number of carboxylic acid groups (broad SMARTS) is 1. The zero-order chi connectivity index (χ0) is 27.1. The highest BCUT2D eigenvalue weighted by molar-refractivity contribution is 6.30. The molecule has 1 amide bonds. The van der Waals surface area contributed by atoms with Gasteiger partial charge in [0.05, 0.1) is 12.1 Å². The van der Waals surface area contributed by atoms with Crippen molar-refractivity contribution in [2.75, 3.05) is 31.6 Å². The number of anilines is 1. The molecule has 2 aromatic carbocycles. The highest BCUT2D eigenvalue weighted by Crippen LogP contribution is 2.37. The number of hydrogen-bond acceptors (Lipinski definition) is 5. The monoisotopic (exact) mass is 542 g/mol. The van der Waals surface area contributed by atoms with E-state index < -0.39 is 18.0 Å². The van der Waals surface area contributed by atoms with E-state index in [4.69, 9.17) is 16.3 Å². The first-order chi connectivity index (χ1) is 18.3. The molecule has 0 fully saturated rings. The summed E-state index contributed by atoms with van der Waals surface area (Å²) in [5.41, 5.74) is 0.861. The Balaban J connectivity index is 1.74. The number of carboxylic acids is 1. The normalized spacial score (nSPS) is 22.1. The molecule has 7 nitrogen and oxygen atoms in total. The predicted molar refractivity (Wildman–Crippen MR) is 149 cm³/mol. The first-order valence-electron chi connectivity index (χ1n) is 13.8. The first kappa shape index (κ1) is 28.2. The van der Waals surface area contributed by atoms with Gasteiger partial charge in [-0.1, -0.05) is 49.4 Å². The van der Waals surface area contributed by atoms with Crippen LogP contribution in [0.2, 0.25) is 5.02 Å². The maximum atomic E-state index is 12.9. The molecule has 0 saturated carbocycles. The fourth-order valence-corrected chi connectivity index (χ4v) is 5.57. The maximum Gasteiger partial charge on any atom is 0.340 e.